The van der Waals surface area contributed by atoms with E-state index in [9.17, 15) is 29.1 Å². The van der Waals surface area contributed by atoms with Gasteiger partial charge in [-0.15, -0.1) is 0 Å². The van der Waals surface area contributed by atoms with Crippen LogP contribution in [0.15, 0.2) is 146 Å². The molecule has 9 atom stereocenters. The van der Waals surface area contributed by atoms with Crippen LogP contribution in [0.1, 0.15) is 58.5 Å². The summed E-state index contributed by atoms with van der Waals surface area (Å²) in [4.78, 5) is 88.0. The molecule has 16 nitrogen and oxygen atoms in total. The summed E-state index contributed by atoms with van der Waals surface area (Å²) in [5.74, 6) is -4.60. The minimum atomic E-state index is -1.70. The van der Waals surface area contributed by atoms with Crippen LogP contribution in [-0.4, -0.2) is 102 Å². The van der Waals surface area contributed by atoms with Gasteiger partial charge in [0.1, 0.15) is 67.4 Å². The molecular formula is C54H50N4O12. The number of benzene rings is 5. The van der Waals surface area contributed by atoms with Crippen molar-refractivity contribution in [3.8, 4) is 11.5 Å². The summed E-state index contributed by atoms with van der Waals surface area (Å²) >= 11 is 0. The third kappa shape index (κ3) is 7.92. The van der Waals surface area contributed by atoms with Crippen molar-refractivity contribution in [3.05, 3.63) is 174 Å². The van der Waals surface area contributed by atoms with E-state index in [4.69, 9.17) is 23.7 Å². The van der Waals surface area contributed by atoms with Crippen molar-refractivity contribution in [1.29, 1.82) is 0 Å². The van der Waals surface area contributed by atoms with Gasteiger partial charge in [0.2, 0.25) is 17.7 Å². The molecule has 10 rings (SSSR count). The molecule has 5 aliphatic heterocycles. The number of cyclic esters (lactones) is 1. The average Bonchev–Trinajstić information content (AvgIpc) is 4.05. The van der Waals surface area contributed by atoms with Crippen LogP contribution in [0.3, 0.4) is 0 Å². The number of hydrogen-bond acceptors (Lipinski definition) is 13. The van der Waals surface area contributed by atoms with Crippen molar-refractivity contribution in [1.82, 2.24) is 15.1 Å². The maximum absolute atomic E-state index is 15.1. The molecule has 5 aromatic rings. The maximum Gasteiger partial charge on any atom is 0.325 e. The third-order valence-corrected chi connectivity index (χ3v) is 14.0. The molecule has 0 unspecified atom stereocenters. The van der Waals surface area contributed by atoms with E-state index in [1.807, 2.05) is 65.6 Å². The van der Waals surface area contributed by atoms with Gasteiger partial charge in [-0.3, -0.25) is 33.7 Å². The number of anilines is 1. The van der Waals surface area contributed by atoms with Gasteiger partial charge >= 0.3 is 17.9 Å². The molecule has 3 amide bonds. The fourth-order valence-electron chi connectivity index (χ4n) is 11.3. The Balaban J connectivity index is 0.958. The fraction of sp³-hybridized carbons (Fsp3) is 0.296. The number of piperazine rings is 1. The van der Waals surface area contributed by atoms with Gasteiger partial charge in [-0.2, -0.15) is 0 Å². The molecule has 0 saturated carbocycles. The Labute approximate surface area is 403 Å². The number of morpholine rings is 1. The lowest BCUT2D eigenvalue weighted by molar-refractivity contribution is -0.180. The number of ether oxygens (including phenoxy) is 5. The van der Waals surface area contributed by atoms with Crippen LogP contribution in [0.4, 0.5) is 5.69 Å². The monoisotopic (exact) mass is 946 g/mol. The first kappa shape index (κ1) is 45.9. The standard InChI is InChI=1S/C54H50N4O12/c1-2-25-68-51(63)43-46-52(64)70-47(33-14-7-4-8-15-33)45(32-12-5-3-6-13-32)58(46)48(54(43)39-18-9-10-19-40(39)56-53(54)65)34-20-22-36(23-21-34)67-27-28-69-50(62)38-30-41-49(61)55-31-42(60)57(41)44(38)35-16-11-17-37(29-35)66-26-24-59/h2-23,29,38,41,43-48,59H,1,24-28,30-31H2,(H,55,61)(H,56,65)/t38-,41-,43-,44-,45-,46-,47+,48+,54-/m1/s1. The second-order valence-corrected chi connectivity index (χ2v) is 17.7. The lowest BCUT2D eigenvalue weighted by Gasteiger charge is -2.46. The maximum atomic E-state index is 15.1. The van der Waals surface area contributed by atoms with Crippen molar-refractivity contribution in [2.24, 2.45) is 11.8 Å². The molecule has 70 heavy (non-hydrogen) atoms. The molecule has 358 valence electrons. The Bertz CT molecular complexity index is 2830. The molecule has 4 fully saturated rings. The summed E-state index contributed by atoms with van der Waals surface area (Å²) in [6.07, 6.45) is 0.647. The number of esters is 3. The number of carbonyl (C=O) groups is 6. The van der Waals surface area contributed by atoms with Gasteiger partial charge in [-0.05, 0) is 64.6 Å². The Morgan fingerprint density at radius 3 is 2.17 bits per heavy atom. The number of nitrogens with one attached hydrogen (secondary N) is 2. The van der Waals surface area contributed by atoms with Gasteiger partial charge in [0.25, 0.3) is 0 Å². The van der Waals surface area contributed by atoms with E-state index in [1.165, 1.54) is 11.0 Å². The van der Waals surface area contributed by atoms with Crippen LogP contribution in [-0.2, 0) is 48.4 Å². The molecule has 3 N–H and O–H groups in total. The van der Waals surface area contributed by atoms with Gasteiger partial charge in [0.05, 0.1) is 37.2 Å². The Morgan fingerprint density at radius 2 is 1.43 bits per heavy atom. The van der Waals surface area contributed by atoms with E-state index in [2.05, 4.69) is 17.2 Å². The zero-order valence-corrected chi connectivity index (χ0v) is 37.9. The Hall–Kier alpha value is -7.82. The third-order valence-electron chi connectivity index (χ3n) is 14.0. The zero-order valence-electron chi connectivity index (χ0n) is 37.9. The molecule has 5 aliphatic rings. The molecule has 0 aromatic heterocycles. The van der Waals surface area contributed by atoms with Gasteiger partial charge in [-0.1, -0.05) is 116 Å². The molecule has 5 heterocycles. The number of hydrogen-bond donors (Lipinski definition) is 3. The van der Waals surface area contributed by atoms with E-state index < -0.39 is 77.4 Å². The van der Waals surface area contributed by atoms with Crippen LogP contribution in [0.2, 0.25) is 0 Å². The van der Waals surface area contributed by atoms with Crippen molar-refractivity contribution in [2.75, 3.05) is 44.9 Å². The molecular weight excluding hydrogens is 897 g/mol. The number of carbonyl (C=O) groups excluding carboxylic acids is 6. The van der Waals surface area contributed by atoms with E-state index in [0.29, 0.717) is 33.9 Å². The zero-order chi connectivity index (χ0) is 48.5. The first-order chi connectivity index (χ1) is 34.1. The number of rotatable bonds is 15. The average molecular weight is 947 g/mol. The van der Waals surface area contributed by atoms with E-state index in [1.54, 1.807) is 72.8 Å². The Kier molecular flexibility index (Phi) is 12.7. The SMILES string of the molecule is C=CCOC(=O)[C@H]1[C@@H]2C(=O)O[C@@H](c3ccccc3)[C@@H](c3ccccc3)N2[C@@H](c2ccc(OCCOC(=O)[C@@H]3C[C@@H]4C(=O)NCC(=O)N4[C@@H]3c3cccc(OCCO)c3)cc2)[C@]12C(=O)Nc1ccccc12. The highest BCUT2D eigenvalue weighted by Gasteiger charge is 2.74. The van der Waals surface area contributed by atoms with Crippen LogP contribution < -0.4 is 20.1 Å². The predicted molar refractivity (Wildman–Crippen MR) is 251 cm³/mol. The largest absolute Gasteiger partial charge is 0.491 e. The quantitative estimate of drug-likeness (QED) is 0.0545. The molecule has 4 saturated heterocycles. The molecule has 0 aliphatic carbocycles. The summed E-state index contributed by atoms with van der Waals surface area (Å²) in [5.41, 5.74) is 2.06. The first-order valence-corrected chi connectivity index (χ1v) is 23.2. The van der Waals surface area contributed by atoms with Gasteiger partial charge in [0.15, 0.2) is 0 Å². The van der Waals surface area contributed by atoms with Crippen LogP contribution >= 0.6 is 0 Å². The lowest BCUT2D eigenvalue weighted by atomic mass is 9.65. The normalized spacial score (nSPS) is 26.6. The van der Waals surface area contributed by atoms with E-state index in [0.717, 1.165) is 11.1 Å². The van der Waals surface area contributed by atoms with Crippen LogP contribution in [0.5, 0.6) is 11.5 Å². The number of fused-ring (bicyclic) bond motifs is 4. The Morgan fingerprint density at radius 1 is 0.729 bits per heavy atom. The summed E-state index contributed by atoms with van der Waals surface area (Å²) in [6, 6.07) is 35.4. The smallest absolute Gasteiger partial charge is 0.325 e. The van der Waals surface area contributed by atoms with Gasteiger partial charge in [0, 0.05) is 5.69 Å². The van der Waals surface area contributed by atoms with Crippen molar-refractivity contribution < 1.29 is 57.6 Å². The lowest BCUT2D eigenvalue weighted by Crippen LogP contribution is -2.56. The number of amides is 3. The van der Waals surface area contributed by atoms with Crippen molar-refractivity contribution >= 4 is 41.3 Å². The van der Waals surface area contributed by atoms with Crippen LogP contribution in [0, 0.1) is 11.8 Å². The minimum absolute atomic E-state index is 0.0512. The summed E-state index contributed by atoms with van der Waals surface area (Å²) in [7, 11) is 0. The molecule has 5 aromatic carbocycles. The number of aliphatic hydroxyl groups is 1. The highest BCUT2D eigenvalue weighted by Crippen LogP contribution is 2.65. The molecule has 1 spiro atoms. The second kappa shape index (κ2) is 19.3. The van der Waals surface area contributed by atoms with Gasteiger partial charge in [-0.25, -0.2) is 0 Å². The van der Waals surface area contributed by atoms with E-state index >= 15 is 4.79 Å². The highest BCUT2D eigenvalue weighted by molar-refractivity contribution is 6.11. The molecule has 16 heteroatoms. The first-order valence-electron chi connectivity index (χ1n) is 23.2. The molecule has 0 radical (unpaired) electrons. The summed E-state index contributed by atoms with van der Waals surface area (Å²) in [6.45, 7) is 3.01. The molecule has 0 bridgehead atoms. The summed E-state index contributed by atoms with van der Waals surface area (Å²) in [5, 5.41) is 14.9. The second-order valence-electron chi connectivity index (χ2n) is 17.7. The topological polar surface area (TPSA) is 199 Å². The summed E-state index contributed by atoms with van der Waals surface area (Å²) < 4.78 is 29.7. The van der Waals surface area contributed by atoms with E-state index in [-0.39, 0.29) is 57.8 Å². The predicted octanol–water partition coefficient (Wildman–Crippen LogP) is 5.07. The van der Waals surface area contributed by atoms with Crippen LogP contribution in [0.25, 0.3) is 0 Å². The van der Waals surface area contributed by atoms with Crippen molar-refractivity contribution in [2.45, 2.75) is 48.1 Å². The highest BCUT2D eigenvalue weighted by atomic mass is 16.6. The number of nitrogens with zero attached hydrogens (tertiary/aromatic N) is 2. The minimum Gasteiger partial charge on any atom is -0.491 e. The number of aliphatic hydroxyl groups excluding tert-OH is 1. The van der Waals surface area contributed by atoms with Gasteiger partial charge < -0.3 is 44.3 Å². The fourth-order valence-corrected chi connectivity index (χ4v) is 11.3. The van der Waals surface area contributed by atoms with Crippen molar-refractivity contribution in [3.63, 3.8) is 0 Å². The number of para-hydroxylation sites is 1.